The highest BCUT2D eigenvalue weighted by Crippen LogP contribution is 2.05. The maximum atomic E-state index is 11.7. The first-order valence-corrected chi connectivity index (χ1v) is 5.62. The number of carbonyl (C=O) groups is 2. The van der Waals surface area contributed by atoms with E-state index in [-0.39, 0.29) is 18.5 Å². The zero-order valence-corrected chi connectivity index (χ0v) is 10.6. The lowest BCUT2D eigenvalue weighted by Gasteiger charge is -2.28. The Balaban J connectivity index is 4.39. The monoisotopic (exact) mass is 240 g/mol. The van der Waals surface area contributed by atoms with Crippen molar-refractivity contribution in [3.05, 3.63) is 0 Å². The zero-order valence-electron chi connectivity index (χ0n) is 10.6. The van der Waals surface area contributed by atoms with Gasteiger partial charge in [-0.2, -0.15) is 0 Å². The number of hydrogen-bond acceptors (Lipinski definition) is 3. The summed E-state index contributed by atoms with van der Waals surface area (Å²) >= 11 is 0. The number of aliphatic carboxylic acids is 1. The molecule has 5 nitrogen and oxygen atoms in total. The van der Waals surface area contributed by atoms with E-state index in [1.165, 1.54) is 0 Å². The summed E-state index contributed by atoms with van der Waals surface area (Å²) in [5.41, 5.74) is 0. The molecule has 0 radical (unpaired) electrons. The van der Waals surface area contributed by atoms with Crippen LogP contribution in [0.5, 0.6) is 0 Å². The summed E-state index contributed by atoms with van der Waals surface area (Å²) in [6.07, 6.45) is 5.05. The van der Waals surface area contributed by atoms with Crippen molar-refractivity contribution in [2.75, 3.05) is 19.6 Å². The Bertz CT molecular complexity index is 309. The van der Waals surface area contributed by atoms with Gasteiger partial charge in [-0.3, -0.25) is 14.5 Å². The molecule has 2 unspecified atom stereocenters. The van der Waals surface area contributed by atoms with Crippen molar-refractivity contribution in [3.8, 4) is 12.3 Å². The van der Waals surface area contributed by atoms with Crippen LogP contribution >= 0.6 is 0 Å². The molecule has 0 spiro atoms. The zero-order chi connectivity index (χ0) is 13.4. The first-order chi connectivity index (χ1) is 7.93. The van der Waals surface area contributed by atoms with Gasteiger partial charge in [0, 0.05) is 6.54 Å². The van der Waals surface area contributed by atoms with Crippen LogP contribution in [0.2, 0.25) is 0 Å². The van der Waals surface area contributed by atoms with Crippen molar-refractivity contribution in [2.24, 2.45) is 5.92 Å². The lowest BCUT2D eigenvalue weighted by atomic mass is 10.1. The normalized spacial score (nSPS) is 13.8. The highest BCUT2D eigenvalue weighted by atomic mass is 16.4. The molecule has 0 fully saturated rings. The Morgan fingerprint density at radius 1 is 1.47 bits per heavy atom. The van der Waals surface area contributed by atoms with Gasteiger partial charge < -0.3 is 10.4 Å². The third-order valence-corrected chi connectivity index (χ3v) is 2.63. The number of amides is 1. The first kappa shape index (κ1) is 15.5. The molecule has 17 heavy (non-hydrogen) atoms. The van der Waals surface area contributed by atoms with Crippen LogP contribution in [0.1, 0.15) is 20.8 Å². The average Bonchev–Trinajstić information content (AvgIpc) is 2.31. The van der Waals surface area contributed by atoms with Crippen LogP contribution in [-0.2, 0) is 9.59 Å². The fourth-order valence-electron chi connectivity index (χ4n) is 1.44. The van der Waals surface area contributed by atoms with Crippen molar-refractivity contribution in [2.45, 2.75) is 26.8 Å². The summed E-state index contributed by atoms with van der Waals surface area (Å²) in [6, 6.07) is -0.379. The van der Waals surface area contributed by atoms with Gasteiger partial charge in [-0.05, 0) is 13.5 Å². The van der Waals surface area contributed by atoms with E-state index in [2.05, 4.69) is 11.2 Å². The molecular formula is C12H20N2O3. The molecule has 0 saturated carbocycles. The predicted octanol–water partition coefficient (Wildman–Crippen LogP) is 0.167. The number of rotatable bonds is 7. The maximum Gasteiger partial charge on any atom is 0.307 e. The maximum absolute atomic E-state index is 11.7. The Labute approximate surface area is 102 Å². The van der Waals surface area contributed by atoms with Crippen molar-refractivity contribution in [1.82, 2.24) is 10.2 Å². The van der Waals surface area contributed by atoms with Gasteiger partial charge >= 0.3 is 5.97 Å². The van der Waals surface area contributed by atoms with Crippen LogP contribution in [0.15, 0.2) is 0 Å². The highest BCUT2D eigenvalue weighted by molar-refractivity contribution is 5.81. The molecule has 0 aliphatic heterocycles. The van der Waals surface area contributed by atoms with Crippen LogP contribution in [0.4, 0.5) is 0 Å². The van der Waals surface area contributed by atoms with Gasteiger partial charge in [0.15, 0.2) is 0 Å². The highest BCUT2D eigenvalue weighted by Gasteiger charge is 2.23. The van der Waals surface area contributed by atoms with E-state index in [9.17, 15) is 9.59 Å². The summed E-state index contributed by atoms with van der Waals surface area (Å²) in [6.45, 7) is 6.40. The Morgan fingerprint density at radius 3 is 2.47 bits per heavy atom. The minimum atomic E-state index is -0.861. The summed E-state index contributed by atoms with van der Waals surface area (Å²) < 4.78 is 0. The molecule has 0 heterocycles. The van der Waals surface area contributed by atoms with Crippen LogP contribution in [-0.4, -0.2) is 47.6 Å². The van der Waals surface area contributed by atoms with E-state index in [1.807, 2.05) is 11.8 Å². The molecule has 0 aromatic heterocycles. The average molecular weight is 240 g/mol. The number of hydrogen-bond donors (Lipinski definition) is 2. The molecule has 1 amide bonds. The van der Waals surface area contributed by atoms with Crippen molar-refractivity contribution < 1.29 is 14.7 Å². The molecular weight excluding hydrogens is 220 g/mol. The Morgan fingerprint density at radius 2 is 2.06 bits per heavy atom. The molecule has 0 bridgehead atoms. The number of nitrogens with zero attached hydrogens (tertiary/aromatic N) is 1. The third kappa shape index (κ3) is 5.36. The molecule has 96 valence electrons. The van der Waals surface area contributed by atoms with Crippen LogP contribution in [0, 0.1) is 18.3 Å². The molecule has 5 heteroatoms. The van der Waals surface area contributed by atoms with Gasteiger partial charge in [-0.1, -0.05) is 19.8 Å². The van der Waals surface area contributed by atoms with E-state index in [0.717, 1.165) is 0 Å². The minimum Gasteiger partial charge on any atom is -0.481 e. The summed E-state index contributed by atoms with van der Waals surface area (Å²) in [4.78, 5) is 24.2. The molecule has 2 atom stereocenters. The topological polar surface area (TPSA) is 69.6 Å². The summed E-state index contributed by atoms with van der Waals surface area (Å²) in [5, 5.41) is 11.4. The third-order valence-electron chi connectivity index (χ3n) is 2.63. The SMILES string of the molecule is C#CCNC(=O)C(C)N(CC)CC(C)C(=O)O. The van der Waals surface area contributed by atoms with E-state index in [4.69, 9.17) is 11.5 Å². The lowest BCUT2D eigenvalue weighted by molar-refractivity contribution is -0.142. The quantitative estimate of drug-likeness (QED) is 0.622. The molecule has 2 N–H and O–H groups in total. The van der Waals surface area contributed by atoms with Crippen molar-refractivity contribution >= 4 is 11.9 Å². The summed E-state index contributed by atoms with van der Waals surface area (Å²) in [5.74, 6) is 0.783. The molecule has 0 saturated heterocycles. The van der Waals surface area contributed by atoms with E-state index < -0.39 is 11.9 Å². The second-order valence-electron chi connectivity index (χ2n) is 3.92. The number of terminal acetylenes is 1. The van der Waals surface area contributed by atoms with Gasteiger partial charge in [0.25, 0.3) is 0 Å². The van der Waals surface area contributed by atoms with Crippen LogP contribution in [0.3, 0.4) is 0 Å². The van der Waals surface area contributed by atoms with Crippen LogP contribution in [0.25, 0.3) is 0 Å². The van der Waals surface area contributed by atoms with Gasteiger partial charge in [-0.25, -0.2) is 0 Å². The van der Waals surface area contributed by atoms with E-state index >= 15 is 0 Å². The standard InChI is InChI=1S/C12H20N2O3/c1-5-7-13-11(15)10(4)14(6-2)8-9(3)12(16)17/h1,9-10H,6-8H2,2-4H3,(H,13,15)(H,16,17). The van der Waals surface area contributed by atoms with E-state index in [0.29, 0.717) is 13.1 Å². The Kier molecular flexibility index (Phi) is 6.99. The van der Waals surface area contributed by atoms with Gasteiger partial charge in [0.05, 0.1) is 18.5 Å². The Hall–Kier alpha value is -1.54. The van der Waals surface area contributed by atoms with Gasteiger partial charge in [-0.15, -0.1) is 6.42 Å². The number of carboxylic acid groups (broad SMARTS) is 1. The van der Waals surface area contributed by atoms with Crippen molar-refractivity contribution in [3.63, 3.8) is 0 Å². The van der Waals surface area contributed by atoms with Gasteiger partial charge in [0.2, 0.25) is 5.91 Å². The number of carbonyl (C=O) groups excluding carboxylic acids is 1. The number of carboxylic acids is 1. The second-order valence-corrected chi connectivity index (χ2v) is 3.92. The first-order valence-electron chi connectivity index (χ1n) is 5.62. The van der Waals surface area contributed by atoms with Crippen molar-refractivity contribution in [1.29, 1.82) is 0 Å². The minimum absolute atomic E-state index is 0.178. The number of likely N-dealkylation sites (N-methyl/N-ethyl adjacent to an activating group) is 1. The molecule has 0 rings (SSSR count). The largest absolute Gasteiger partial charge is 0.481 e. The molecule has 0 aromatic carbocycles. The smallest absolute Gasteiger partial charge is 0.307 e. The predicted molar refractivity (Wildman–Crippen MR) is 65.4 cm³/mol. The molecule has 0 aromatic rings. The fourth-order valence-corrected chi connectivity index (χ4v) is 1.44. The summed E-state index contributed by atoms with van der Waals surface area (Å²) in [7, 11) is 0. The van der Waals surface area contributed by atoms with Crippen LogP contribution < -0.4 is 5.32 Å². The molecule has 0 aliphatic carbocycles. The number of nitrogens with one attached hydrogen (secondary N) is 1. The second kappa shape index (κ2) is 7.69. The fraction of sp³-hybridized carbons (Fsp3) is 0.667. The lowest BCUT2D eigenvalue weighted by Crippen LogP contribution is -2.47. The van der Waals surface area contributed by atoms with E-state index in [1.54, 1.807) is 13.8 Å². The van der Waals surface area contributed by atoms with Gasteiger partial charge in [0.1, 0.15) is 0 Å². The molecule has 0 aliphatic rings.